The Balaban J connectivity index is 2.10. The molecule has 0 atom stereocenters. The first kappa shape index (κ1) is 17.7. The van der Waals surface area contributed by atoms with Gasteiger partial charge in [-0.2, -0.15) is 13.2 Å². The average Bonchev–Trinajstić information content (AvgIpc) is 2.47. The summed E-state index contributed by atoms with van der Waals surface area (Å²) in [4.78, 5) is 0. The normalized spacial score (nSPS) is 12.7. The molecule has 7 heteroatoms. The van der Waals surface area contributed by atoms with E-state index < -0.39 is 21.6 Å². The molecule has 0 unspecified atom stereocenters. The third-order valence-electron chi connectivity index (χ3n) is 2.99. The van der Waals surface area contributed by atoms with Crippen molar-refractivity contribution in [1.82, 2.24) is 0 Å². The molecule has 0 bridgehead atoms. The van der Waals surface area contributed by atoms with Crippen molar-refractivity contribution in [3.63, 3.8) is 0 Å². The Morgan fingerprint density at radius 2 is 1.52 bits per heavy atom. The van der Waals surface area contributed by atoms with Crippen LogP contribution in [0.5, 0.6) is 0 Å². The largest absolute Gasteiger partial charge is 0.416 e. The second-order valence-electron chi connectivity index (χ2n) is 4.86. The molecule has 2 nitrogen and oxygen atoms in total. The zero-order chi connectivity index (χ0) is 17.1. The van der Waals surface area contributed by atoms with Gasteiger partial charge >= 0.3 is 6.18 Å². The van der Waals surface area contributed by atoms with Crippen molar-refractivity contribution in [3.05, 3.63) is 75.1 Å². The summed E-state index contributed by atoms with van der Waals surface area (Å²) in [7, 11) is -3.50. The number of rotatable bonds is 4. The van der Waals surface area contributed by atoms with Crippen LogP contribution in [0.15, 0.2) is 58.4 Å². The van der Waals surface area contributed by atoms with Gasteiger partial charge in [0.05, 0.1) is 11.3 Å². The maximum absolute atomic E-state index is 12.4. The lowest BCUT2D eigenvalue weighted by atomic mass is 10.1. The summed E-state index contributed by atoms with van der Waals surface area (Å²) in [5, 5.41) is 1.01. The predicted molar refractivity (Wildman–Crippen MR) is 87.2 cm³/mol. The fourth-order valence-corrected chi connectivity index (χ4v) is 3.21. The first-order chi connectivity index (χ1) is 10.7. The zero-order valence-corrected chi connectivity index (χ0v) is 14.1. The average molecular weight is 405 g/mol. The maximum Gasteiger partial charge on any atom is 0.416 e. The van der Waals surface area contributed by atoms with Gasteiger partial charge in [0.15, 0.2) is 9.84 Å². The highest BCUT2D eigenvalue weighted by Crippen LogP contribution is 2.29. The highest BCUT2D eigenvalue weighted by molar-refractivity contribution is 9.10. The summed E-state index contributed by atoms with van der Waals surface area (Å²) < 4.78 is 62.2. The first-order valence-electron chi connectivity index (χ1n) is 6.48. The number of alkyl halides is 3. The van der Waals surface area contributed by atoms with Crippen LogP contribution in [0.1, 0.15) is 16.7 Å². The Bertz CT molecular complexity index is 793. The van der Waals surface area contributed by atoms with Gasteiger partial charge in [-0.15, -0.1) is 0 Å². The molecule has 0 aliphatic heterocycles. The van der Waals surface area contributed by atoms with Gasteiger partial charge in [0.2, 0.25) is 0 Å². The molecular formula is C16H12BrF3O2S. The van der Waals surface area contributed by atoms with Crippen molar-refractivity contribution in [2.75, 3.05) is 0 Å². The van der Waals surface area contributed by atoms with E-state index in [1.165, 1.54) is 18.2 Å². The van der Waals surface area contributed by atoms with E-state index in [9.17, 15) is 21.6 Å². The van der Waals surface area contributed by atoms with Crippen molar-refractivity contribution < 1.29 is 21.6 Å². The van der Waals surface area contributed by atoms with Gasteiger partial charge in [-0.3, -0.25) is 0 Å². The number of halogens is 4. The number of hydrogen-bond acceptors (Lipinski definition) is 2. The second-order valence-corrected chi connectivity index (χ2v) is 7.66. The number of hydrogen-bond donors (Lipinski definition) is 0. The maximum atomic E-state index is 12.4. The summed E-state index contributed by atoms with van der Waals surface area (Å²) in [5.74, 6) is -0.169. The second kappa shape index (κ2) is 6.88. The van der Waals surface area contributed by atoms with Crippen molar-refractivity contribution in [2.24, 2.45) is 0 Å². The minimum atomic E-state index is -4.41. The molecule has 0 fully saturated rings. The third-order valence-corrected chi connectivity index (χ3v) is 4.80. The molecule has 0 saturated heterocycles. The first-order valence-corrected chi connectivity index (χ1v) is 8.99. The molecule has 0 amide bonds. The van der Waals surface area contributed by atoms with Crippen LogP contribution in [0, 0.1) is 0 Å². The van der Waals surface area contributed by atoms with Crippen molar-refractivity contribution in [2.45, 2.75) is 11.9 Å². The quantitative estimate of drug-likeness (QED) is 0.713. The molecule has 0 spiro atoms. The third kappa shape index (κ3) is 5.51. The summed E-state index contributed by atoms with van der Waals surface area (Å²) in [6, 6.07) is 11.2. The van der Waals surface area contributed by atoms with E-state index in [2.05, 4.69) is 15.9 Å². The lowest BCUT2D eigenvalue weighted by Crippen LogP contribution is -2.04. The number of sulfone groups is 1. The van der Waals surface area contributed by atoms with Crippen LogP contribution in [0.4, 0.5) is 13.2 Å². The smallest absolute Gasteiger partial charge is 0.224 e. The topological polar surface area (TPSA) is 34.1 Å². The zero-order valence-electron chi connectivity index (χ0n) is 11.7. The van der Waals surface area contributed by atoms with Crippen molar-refractivity contribution in [3.8, 4) is 0 Å². The Morgan fingerprint density at radius 3 is 2.04 bits per heavy atom. The Kier molecular flexibility index (Phi) is 5.31. The molecule has 0 aliphatic carbocycles. The molecule has 0 saturated carbocycles. The molecule has 23 heavy (non-hydrogen) atoms. The summed E-state index contributed by atoms with van der Waals surface area (Å²) in [6.45, 7) is 0. The molecule has 2 aromatic rings. The van der Waals surface area contributed by atoms with Crippen LogP contribution in [0.25, 0.3) is 6.08 Å². The Hall–Kier alpha value is -1.60. The summed E-state index contributed by atoms with van der Waals surface area (Å²) >= 11 is 3.26. The molecule has 0 aliphatic rings. The molecule has 0 heterocycles. The van der Waals surface area contributed by atoms with Gasteiger partial charge in [-0.25, -0.2) is 8.42 Å². The summed E-state index contributed by atoms with van der Waals surface area (Å²) in [6.07, 6.45) is -3.12. The van der Waals surface area contributed by atoms with E-state index in [1.54, 1.807) is 24.3 Å². The van der Waals surface area contributed by atoms with Crippen LogP contribution in [0.3, 0.4) is 0 Å². The van der Waals surface area contributed by atoms with Gasteiger partial charge in [0.1, 0.15) is 0 Å². The van der Waals surface area contributed by atoms with Crippen LogP contribution < -0.4 is 0 Å². The van der Waals surface area contributed by atoms with Gasteiger partial charge in [0, 0.05) is 9.88 Å². The minimum absolute atomic E-state index is 0.169. The van der Waals surface area contributed by atoms with E-state index in [4.69, 9.17) is 0 Å². The van der Waals surface area contributed by atoms with Crippen LogP contribution in [0.2, 0.25) is 0 Å². The van der Waals surface area contributed by atoms with Gasteiger partial charge in [0.25, 0.3) is 0 Å². The predicted octanol–water partition coefficient (Wildman–Crippen LogP) is 5.05. The minimum Gasteiger partial charge on any atom is -0.224 e. The number of benzene rings is 2. The Labute approximate surface area is 140 Å². The molecule has 0 radical (unpaired) electrons. The van der Waals surface area contributed by atoms with Gasteiger partial charge in [-0.1, -0.05) is 40.2 Å². The molecule has 122 valence electrons. The van der Waals surface area contributed by atoms with Crippen molar-refractivity contribution in [1.29, 1.82) is 0 Å². The highest BCUT2D eigenvalue weighted by Gasteiger charge is 2.29. The molecule has 2 aromatic carbocycles. The van der Waals surface area contributed by atoms with E-state index in [0.717, 1.165) is 22.0 Å². The monoisotopic (exact) mass is 404 g/mol. The standard InChI is InChI=1S/C16H12BrF3O2S/c17-15-7-3-13(4-8-15)11-23(21,22)10-9-12-1-5-14(6-2-12)16(18,19)20/h1-10H,11H2. The molecule has 0 aromatic heterocycles. The van der Waals surface area contributed by atoms with Gasteiger partial charge < -0.3 is 0 Å². The van der Waals surface area contributed by atoms with E-state index >= 15 is 0 Å². The lowest BCUT2D eigenvalue weighted by molar-refractivity contribution is -0.137. The van der Waals surface area contributed by atoms with E-state index in [0.29, 0.717) is 11.1 Å². The van der Waals surface area contributed by atoms with Crippen LogP contribution in [-0.2, 0) is 21.8 Å². The van der Waals surface area contributed by atoms with Crippen molar-refractivity contribution >= 4 is 31.8 Å². The molecule has 2 rings (SSSR count). The van der Waals surface area contributed by atoms with E-state index in [-0.39, 0.29) is 5.75 Å². The van der Waals surface area contributed by atoms with Crippen LogP contribution >= 0.6 is 15.9 Å². The fraction of sp³-hybridized carbons (Fsp3) is 0.125. The lowest BCUT2D eigenvalue weighted by Gasteiger charge is -2.06. The van der Waals surface area contributed by atoms with Crippen LogP contribution in [-0.4, -0.2) is 8.42 Å². The SMILES string of the molecule is O=S(=O)(C=Cc1ccc(C(F)(F)F)cc1)Cc1ccc(Br)cc1. The van der Waals surface area contributed by atoms with Gasteiger partial charge in [-0.05, 0) is 41.5 Å². The molecule has 0 N–H and O–H groups in total. The Morgan fingerprint density at radius 1 is 0.957 bits per heavy atom. The fourth-order valence-electron chi connectivity index (χ4n) is 1.83. The summed E-state index contributed by atoms with van der Waals surface area (Å²) in [5.41, 5.74) is 0.245. The molecular weight excluding hydrogens is 393 g/mol. The highest BCUT2D eigenvalue weighted by atomic mass is 79.9. The van der Waals surface area contributed by atoms with E-state index in [1.807, 2.05) is 0 Å².